The van der Waals surface area contributed by atoms with Gasteiger partial charge < -0.3 is 14.8 Å². The van der Waals surface area contributed by atoms with E-state index in [2.05, 4.69) is 49.5 Å². The van der Waals surface area contributed by atoms with E-state index in [0.717, 1.165) is 38.2 Å². The highest BCUT2D eigenvalue weighted by atomic mass is 16.5. The predicted molar refractivity (Wildman–Crippen MR) is 98.8 cm³/mol. The van der Waals surface area contributed by atoms with Gasteiger partial charge >= 0.3 is 0 Å². The van der Waals surface area contributed by atoms with E-state index in [1.807, 2.05) is 12.1 Å². The summed E-state index contributed by atoms with van der Waals surface area (Å²) >= 11 is 0. The molecule has 2 aromatic carbocycles. The van der Waals surface area contributed by atoms with Crippen LogP contribution in [0.15, 0.2) is 42.5 Å². The van der Waals surface area contributed by atoms with E-state index in [9.17, 15) is 0 Å². The molecule has 1 fully saturated rings. The molecule has 2 aromatic rings. The van der Waals surface area contributed by atoms with Crippen molar-refractivity contribution in [2.24, 2.45) is 0 Å². The van der Waals surface area contributed by atoms with Gasteiger partial charge in [-0.3, -0.25) is 0 Å². The number of aryl methyl sites for hydroxylation is 2. The maximum absolute atomic E-state index is 5.82. The fraction of sp³-hybridized carbons (Fsp3) is 0.429. The van der Waals surface area contributed by atoms with Gasteiger partial charge in [-0.05, 0) is 55.0 Å². The summed E-state index contributed by atoms with van der Waals surface area (Å²) in [7, 11) is 0. The van der Waals surface area contributed by atoms with Gasteiger partial charge in [0.1, 0.15) is 12.4 Å². The summed E-state index contributed by atoms with van der Waals surface area (Å²) in [4.78, 5) is 0. The van der Waals surface area contributed by atoms with E-state index < -0.39 is 0 Å². The Morgan fingerprint density at radius 2 is 2.00 bits per heavy atom. The molecular formula is C21H27NO2. The van der Waals surface area contributed by atoms with E-state index >= 15 is 0 Å². The first-order valence-electron chi connectivity index (χ1n) is 8.92. The second-order valence-corrected chi connectivity index (χ2v) is 6.41. The lowest BCUT2D eigenvalue weighted by atomic mass is 10.1. The molecule has 128 valence electrons. The topological polar surface area (TPSA) is 30.5 Å². The van der Waals surface area contributed by atoms with Crippen LogP contribution in [0.1, 0.15) is 36.5 Å². The lowest BCUT2D eigenvalue weighted by molar-refractivity contribution is 0.0679. The fourth-order valence-corrected chi connectivity index (χ4v) is 3.14. The zero-order valence-electron chi connectivity index (χ0n) is 14.7. The van der Waals surface area contributed by atoms with Gasteiger partial charge in [-0.1, -0.05) is 37.3 Å². The van der Waals surface area contributed by atoms with E-state index in [4.69, 9.17) is 9.47 Å². The number of hydrogen-bond acceptors (Lipinski definition) is 3. The summed E-state index contributed by atoms with van der Waals surface area (Å²) in [6, 6.07) is 14.8. The molecule has 0 spiro atoms. The molecule has 0 radical (unpaired) electrons. The van der Waals surface area contributed by atoms with Crippen LogP contribution in [0.2, 0.25) is 0 Å². The Morgan fingerprint density at radius 3 is 2.71 bits per heavy atom. The number of para-hydroxylation sites is 1. The van der Waals surface area contributed by atoms with Gasteiger partial charge in [-0.2, -0.15) is 0 Å². The van der Waals surface area contributed by atoms with Crippen molar-refractivity contribution in [1.29, 1.82) is 0 Å². The Bertz CT molecular complexity index is 645. The van der Waals surface area contributed by atoms with Crippen LogP contribution in [0.5, 0.6) is 5.75 Å². The number of anilines is 1. The molecule has 0 saturated carbocycles. The summed E-state index contributed by atoms with van der Waals surface area (Å²) in [5.74, 6) is 0.916. The molecule has 0 aliphatic carbocycles. The maximum Gasteiger partial charge on any atom is 0.119 e. The Hall–Kier alpha value is -2.00. The van der Waals surface area contributed by atoms with Crippen LogP contribution in [-0.4, -0.2) is 19.3 Å². The Labute approximate surface area is 145 Å². The highest BCUT2D eigenvalue weighted by Gasteiger charge is 2.15. The second-order valence-electron chi connectivity index (χ2n) is 6.41. The van der Waals surface area contributed by atoms with Crippen LogP contribution >= 0.6 is 0 Å². The number of hydrogen-bond donors (Lipinski definition) is 1. The van der Waals surface area contributed by atoms with Crippen LogP contribution < -0.4 is 10.1 Å². The standard InChI is InChI=1S/C21H27NO2/c1-3-18-7-4-6-16(2)21(18)22-14-17-9-11-19(12-10-17)24-15-20-8-5-13-23-20/h4,6-7,9-12,20,22H,3,5,8,13-15H2,1-2H3. The van der Waals surface area contributed by atoms with Gasteiger partial charge in [0.25, 0.3) is 0 Å². The minimum absolute atomic E-state index is 0.264. The van der Waals surface area contributed by atoms with Gasteiger partial charge in [0, 0.05) is 18.8 Å². The quantitative estimate of drug-likeness (QED) is 0.798. The predicted octanol–water partition coefficient (Wildman–Crippen LogP) is 4.73. The first-order valence-corrected chi connectivity index (χ1v) is 8.92. The summed E-state index contributed by atoms with van der Waals surface area (Å²) in [6.07, 6.45) is 3.56. The minimum atomic E-state index is 0.264. The summed E-state index contributed by atoms with van der Waals surface area (Å²) < 4.78 is 11.4. The van der Waals surface area contributed by atoms with Gasteiger partial charge in [0.15, 0.2) is 0 Å². The third kappa shape index (κ3) is 4.30. The Kier molecular flexibility index (Phi) is 5.76. The van der Waals surface area contributed by atoms with Crippen molar-refractivity contribution < 1.29 is 9.47 Å². The van der Waals surface area contributed by atoms with Crippen molar-refractivity contribution >= 4 is 5.69 Å². The average molecular weight is 325 g/mol. The molecule has 0 aromatic heterocycles. The molecule has 3 heteroatoms. The van der Waals surface area contributed by atoms with E-state index in [-0.39, 0.29) is 6.10 Å². The van der Waals surface area contributed by atoms with E-state index in [1.165, 1.54) is 22.4 Å². The normalized spacial score (nSPS) is 17.0. The van der Waals surface area contributed by atoms with Crippen LogP contribution in [0.4, 0.5) is 5.69 Å². The highest BCUT2D eigenvalue weighted by Crippen LogP contribution is 2.22. The van der Waals surface area contributed by atoms with E-state index in [0.29, 0.717) is 6.61 Å². The van der Waals surface area contributed by atoms with Crippen molar-refractivity contribution in [2.45, 2.75) is 45.8 Å². The van der Waals surface area contributed by atoms with Gasteiger partial charge in [-0.15, -0.1) is 0 Å². The first-order chi connectivity index (χ1) is 11.8. The number of nitrogens with one attached hydrogen (secondary N) is 1. The Morgan fingerprint density at radius 1 is 1.17 bits per heavy atom. The molecule has 1 aliphatic heterocycles. The lowest BCUT2D eigenvalue weighted by Crippen LogP contribution is -2.16. The molecule has 1 unspecified atom stereocenters. The van der Waals surface area contributed by atoms with Crippen LogP contribution in [-0.2, 0) is 17.7 Å². The summed E-state index contributed by atoms with van der Waals surface area (Å²) in [5, 5.41) is 3.58. The van der Waals surface area contributed by atoms with Crippen molar-refractivity contribution in [3.05, 3.63) is 59.2 Å². The molecule has 1 atom stereocenters. The molecule has 24 heavy (non-hydrogen) atoms. The van der Waals surface area contributed by atoms with Crippen LogP contribution in [0.3, 0.4) is 0 Å². The number of ether oxygens (including phenoxy) is 2. The highest BCUT2D eigenvalue weighted by molar-refractivity contribution is 5.57. The van der Waals surface area contributed by atoms with Crippen molar-refractivity contribution in [3.63, 3.8) is 0 Å². The monoisotopic (exact) mass is 325 g/mol. The third-order valence-corrected chi connectivity index (χ3v) is 4.59. The zero-order valence-corrected chi connectivity index (χ0v) is 14.7. The fourth-order valence-electron chi connectivity index (χ4n) is 3.14. The van der Waals surface area contributed by atoms with Gasteiger partial charge in [-0.25, -0.2) is 0 Å². The smallest absolute Gasteiger partial charge is 0.119 e. The molecule has 3 nitrogen and oxygen atoms in total. The van der Waals surface area contributed by atoms with Crippen molar-refractivity contribution in [1.82, 2.24) is 0 Å². The second kappa shape index (κ2) is 8.20. The zero-order chi connectivity index (χ0) is 16.8. The summed E-state index contributed by atoms with van der Waals surface area (Å²) in [5.41, 5.74) is 5.18. The van der Waals surface area contributed by atoms with Crippen molar-refractivity contribution in [2.75, 3.05) is 18.5 Å². The Balaban J connectivity index is 1.54. The molecule has 1 aliphatic rings. The number of rotatable bonds is 7. The van der Waals surface area contributed by atoms with Crippen molar-refractivity contribution in [3.8, 4) is 5.75 Å². The molecule has 1 heterocycles. The van der Waals surface area contributed by atoms with Crippen LogP contribution in [0.25, 0.3) is 0 Å². The number of benzene rings is 2. The molecule has 1 saturated heterocycles. The van der Waals surface area contributed by atoms with Gasteiger partial charge in [0.2, 0.25) is 0 Å². The molecule has 0 amide bonds. The molecular weight excluding hydrogens is 298 g/mol. The third-order valence-electron chi connectivity index (χ3n) is 4.59. The average Bonchev–Trinajstić information content (AvgIpc) is 3.13. The maximum atomic E-state index is 5.82. The van der Waals surface area contributed by atoms with Gasteiger partial charge in [0.05, 0.1) is 6.10 Å². The largest absolute Gasteiger partial charge is 0.491 e. The van der Waals surface area contributed by atoms with E-state index in [1.54, 1.807) is 0 Å². The molecule has 0 bridgehead atoms. The molecule has 1 N–H and O–H groups in total. The summed E-state index contributed by atoms with van der Waals surface area (Å²) in [6.45, 7) is 6.70. The SMILES string of the molecule is CCc1cccc(C)c1NCc1ccc(OCC2CCCO2)cc1. The first kappa shape index (κ1) is 16.8. The minimum Gasteiger partial charge on any atom is -0.491 e. The lowest BCUT2D eigenvalue weighted by Gasteiger charge is -2.15. The molecule has 3 rings (SSSR count). The van der Waals surface area contributed by atoms with Crippen LogP contribution in [0, 0.1) is 6.92 Å².